The first-order valence-corrected chi connectivity index (χ1v) is 6.12. The minimum absolute atomic E-state index is 0.312. The molecule has 6 nitrogen and oxygen atoms in total. The Morgan fingerprint density at radius 1 is 1.10 bits per heavy atom. The topological polar surface area (TPSA) is 71.8 Å². The maximum absolute atomic E-state index is 11.8. The second-order valence-corrected chi connectivity index (χ2v) is 4.41. The molecule has 0 aliphatic heterocycles. The van der Waals surface area contributed by atoms with E-state index in [9.17, 15) is 4.79 Å². The van der Waals surface area contributed by atoms with Gasteiger partial charge in [0.05, 0.1) is 18.1 Å². The summed E-state index contributed by atoms with van der Waals surface area (Å²) in [6.07, 6.45) is 4.99. The van der Waals surface area contributed by atoms with E-state index in [-0.39, 0.29) is 6.03 Å². The summed E-state index contributed by atoms with van der Waals surface area (Å²) in [6, 6.07) is 9.14. The Balaban J connectivity index is 1.74. The molecule has 0 aliphatic carbocycles. The zero-order valence-electron chi connectivity index (χ0n) is 10.9. The fourth-order valence-corrected chi connectivity index (χ4v) is 2.02. The minimum Gasteiger partial charge on any atom is -0.351 e. The quantitative estimate of drug-likeness (QED) is 0.749. The molecule has 0 saturated carbocycles. The van der Waals surface area contributed by atoms with Gasteiger partial charge in [-0.2, -0.15) is 10.2 Å². The van der Waals surface area contributed by atoms with E-state index in [4.69, 9.17) is 0 Å². The number of nitrogens with one attached hydrogen (secondary N) is 2. The number of aromatic nitrogens is 3. The highest BCUT2D eigenvalue weighted by Crippen LogP contribution is 2.19. The Morgan fingerprint density at radius 2 is 1.95 bits per heavy atom. The van der Waals surface area contributed by atoms with Crippen molar-refractivity contribution in [3.8, 4) is 0 Å². The molecule has 0 unspecified atom stereocenters. The summed E-state index contributed by atoms with van der Waals surface area (Å²) in [5.41, 5.74) is 2.45. The summed E-state index contributed by atoms with van der Waals surface area (Å²) >= 11 is 0. The fourth-order valence-electron chi connectivity index (χ4n) is 2.02. The highest BCUT2D eigenvalue weighted by Gasteiger charge is 2.04. The van der Waals surface area contributed by atoms with E-state index < -0.39 is 0 Å². The van der Waals surface area contributed by atoms with Gasteiger partial charge in [0.1, 0.15) is 0 Å². The zero-order valence-corrected chi connectivity index (χ0v) is 10.9. The van der Waals surface area contributed by atoms with E-state index in [0.717, 1.165) is 16.6 Å². The first-order chi connectivity index (χ1) is 9.72. The molecule has 0 fully saturated rings. The lowest BCUT2D eigenvalue weighted by molar-refractivity contribution is 0.262. The normalized spacial score (nSPS) is 10.4. The number of amides is 2. The van der Waals surface area contributed by atoms with Crippen molar-refractivity contribution in [3.05, 3.63) is 48.9 Å². The molecule has 2 heterocycles. The number of urea groups is 1. The molecule has 2 aromatic heterocycles. The van der Waals surface area contributed by atoms with Crippen LogP contribution in [0, 0.1) is 0 Å². The Kier molecular flexibility index (Phi) is 3.04. The van der Waals surface area contributed by atoms with E-state index in [1.54, 1.807) is 6.07 Å². The monoisotopic (exact) mass is 267 g/mol. The first-order valence-electron chi connectivity index (χ1n) is 6.12. The molecule has 0 atom stereocenters. The molecule has 1 aromatic carbocycles. The van der Waals surface area contributed by atoms with Crippen LogP contribution >= 0.6 is 0 Å². The van der Waals surface area contributed by atoms with Gasteiger partial charge in [-0.3, -0.25) is 0 Å². The summed E-state index contributed by atoms with van der Waals surface area (Å²) in [5.74, 6) is 0. The highest BCUT2D eigenvalue weighted by molar-refractivity contribution is 6.00. The molecule has 0 radical (unpaired) electrons. The van der Waals surface area contributed by atoms with Gasteiger partial charge in [-0.15, -0.1) is 0 Å². The predicted molar refractivity (Wildman–Crippen MR) is 77.6 cm³/mol. The van der Waals surface area contributed by atoms with Gasteiger partial charge in [0.2, 0.25) is 0 Å². The molecule has 6 heteroatoms. The van der Waals surface area contributed by atoms with Crippen LogP contribution in [0.25, 0.3) is 10.9 Å². The minimum atomic E-state index is -0.312. The molecule has 0 aliphatic rings. The number of aryl methyl sites for hydroxylation is 1. The van der Waals surface area contributed by atoms with Crippen molar-refractivity contribution >= 4 is 28.3 Å². The van der Waals surface area contributed by atoms with E-state index in [0.29, 0.717) is 5.69 Å². The van der Waals surface area contributed by atoms with Gasteiger partial charge >= 0.3 is 6.03 Å². The molecule has 2 N–H and O–H groups in total. The summed E-state index contributed by atoms with van der Waals surface area (Å²) in [6.45, 7) is 0. The second kappa shape index (κ2) is 5.00. The number of nitrogens with zero attached hydrogens (tertiary/aromatic N) is 3. The summed E-state index contributed by atoms with van der Waals surface area (Å²) in [5, 5.41) is 13.9. The molecule has 2 amide bonds. The van der Waals surface area contributed by atoms with Crippen LogP contribution in [-0.2, 0) is 7.05 Å². The van der Waals surface area contributed by atoms with Crippen molar-refractivity contribution in [2.75, 3.05) is 10.6 Å². The Morgan fingerprint density at radius 3 is 2.75 bits per heavy atom. The van der Waals surface area contributed by atoms with Gasteiger partial charge in [0, 0.05) is 29.8 Å². The van der Waals surface area contributed by atoms with Crippen LogP contribution in [-0.4, -0.2) is 20.8 Å². The Bertz CT molecular complexity index is 751. The number of hydrogen-bond acceptors (Lipinski definition) is 3. The smallest absolute Gasteiger partial charge is 0.323 e. The molecule has 0 bridgehead atoms. The van der Waals surface area contributed by atoms with Gasteiger partial charge in [0.25, 0.3) is 0 Å². The molecule has 20 heavy (non-hydrogen) atoms. The number of rotatable bonds is 2. The molecular formula is C14H13N5O. The number of anilines is 2. The fraction of sp³-hybridized carbons (Fsp3) is 0.0714. The third kappa shape index (κ3) is 2.44. The zero-order chi connectivity index (χ0) is 13.9. The predicted octanol–water partition coefficient (Wildman–Crippen LogP) is 2.61. The Labute approximate surface area is 115 Å². The maximum atomic E-state index is 11.8. The van der Waals surface area contributed by atoms with Crippen LogP contribution in [0.2, 0.25) is 0 Å². The molecule has 3 rings (SSSR count). The third-order valence-electron chi connectivity index (χ3n) is 2.99. The largest absolute Gasteiger partial charge is 0.351 e. The van der Waals surface area contributed by atoms with Crippen molar-refractivity contribution in [2.24, 2.45) is 7.05 Å². The van der Waals surface area contributed by atoms with E-state index in [2.05, 4.69) is 20.8 Å². The van der Waals surface area contributed by atoms with Gasteiger partial charge < -0.3 is 15.2 Å². The number of carbonyl (C=O) groups excluding carboxylic acids is 1. The number of hydrogen-bond donors (Lipinski definition) is 2. The average Bonchev–Trinajstić information content (AvgIpc) is 2.81. The second-order valence-electron chi connectivity index (χ2n) is 4.41. The SMILES string of the molecule is Cn1ccc2cc(NC(=O)Nc3ccnnc3)ccc21. The molecule has 0 saturated heterocycles. The maximum Gasteiger partial charge on any atom is 0.323 e. The first kappa shape index (κ1) is 12.2. The highest BCUT2D eigenvalue weighted by atomic mass is 16.2. The molecule has 100 valence electrons. The van der Waals surface area contributed by atoms with E-state index in [1.165, 1.54) is 12.4 Å². The lowest BCUT2D eigenvalue weighted by atomic mass is 10.2. The molecule has 3 aromatic rings. The van der Waals surface area contributed by atoms with Crippen molar-refractivity contribution < 1.29 is 4.79 Å². The van der Waals surface area contributed by atoms with Gasteiger partial charge in [-0.25, -0.2) is 4.79 Å². The van der Waals surface area contributed by atoms with E-state index >= 15 is 0 Å². The number of carbonyl (C=O) groups is 1. The average molecular weight is 267 g/mol. The van der Waals surface area contributed by atoms with Crippen molar-refractivity contribution in [1.82, 2.24) is 14.8 Å². The molecule has 0 spiro atoms. The summed E-state index contributed by atoms with van der Waals surface area (Å²) in [7, 11) is 1.98. The lowest BCUT2D eigenvalue weighted by Gasteiger charge is -2.07. The van der Waals surface area contributed by atoms with Crippen LogP contribution in [0.1, 0.15) is 0 Å². The summed E-state index contributed by atoms with van der Waals surface area (Å²) in [4.78, 5) is 11.8. The number of benzene rings is 1. The van der Waals surface area contributed by atoms with Gasteiger partial charge in [0.15, 0.2) is 0 Å². The summed E-state index contributed by atoms with van der Waals surface area (Å²) < 4.78 is 2.03. The van der Waals surface area contributed by atoms with Crippen LogP contribution in [0.15, 0.2) is 48.9 Å². The van der Waals surface area contributed by atoms with Crippen molar-refractivity contribution in [3.63, 3.8) is 0 Å². The van der Waals surface area contributed by atoms with Crippen LogP contribution in [0.4, 0.5) is 16.2 Å². The lowest BCUT2D eigenvalue weighted by Crippen LogP contribution is -2.19. The van der Waals surface area contributed by atoms with Crippen LogP contribution < -0.4 is 10.6 Å². The molecular weight excluding hydrogens is 254 g/mol. The third-order valence-corrected chi connectivity index (χ3v) is 2.99. The van der Waals surface area contributed by atoms with Crippen molar-refractivity contribution in [1.29, 1.82) is 0 Å². The standard InChI is InChI=1S/C14H13N5O/c1-19-7-5-10-8-11(2-3-13(10)19)17-14(20)18-12-4-6-15-16-9-12/h2-9H,1H3,(H2,15,17,18,20). The van der Waals surface area contributed by atoms with Crippen LogP contribution in [0.3, 0.4) is 0 Å². The number of fused-ring (bicyclic) bond motifs is 1. The van der Waals surface area contributed by atoms with Gasteiger partial charge in [-0.05, 0) is 30.3 Å². The Hall–Kier alpha value is -2.89. The van der Waals surface area contributed by atoms with Crippen LogP contribution in [0.5, 0.6) is 0 Å². The van der Waals surface area contributed by atoms with E-state index in [1.807, 2.05) is 42.1 Å². The van der Waals surface area contributed by atoms with Crippen molar-refractivity contribution in [2.45, 2.75) is 0 Å². The van der Waals surface area contributed by atoms with Gasteiger partial charge in [-0.1, -0.05) is 0 Å².